The lowest BCUT2D eigenvalue weighted by Crippen LogP contribution is -2.50. The van der Waals surface area contributed by atoms with E-state index in [4.69, 9.17) is 27.1 Å². The number of anilines is 2. The SMILES string of the molecule is C[C@H](Oc1nc(N2CCC3(CCCN3C(=O)n3cncn3)C2)c2cc(Cl)c(-c3ccc(F)c4sc(N)c(C#N)c34)c(F)c2n1)[C@@H]1CCCN1C. The van der Waals surface area contributed by atoms with E-state index in [9.17, 15) is 14.4 Å². The minimum atomic E-state index is -0.758. The summed E-state index contributed by atoms with van der Waals surface area (Å²) in [5.74, 6) is -0.898. The number of nitrogens with zero attached hydrogens (tertiary/aromatic N) is 9. The molecule has 8 rings (SSSR count). The van der Waals surface area contributed by atoms with Gasteiger partial charge in [0.15, 0.2) is 5.82 Å². The number of halogens is 3. The van der Waals surface area contributed by atoms with Crippen molar-refractivity contribution < 1.29 is 18.3 Å². The minimum absolute atomic E-state index is 0.0112. The molecular weight excluding hydrogens is 686 g/mol. The van der Waals surface area contributed by atoms with Crippen molar-refractivity contribution in [3.8, 4) is 23.2 Å². The lowest BCUT2D eigenvalue weighted by atomic mass is 9.95. The monoisotopic (exact) mass is 718 g/mol. The van der Waals surface area contributed by atoms with Crippen molar-refractivity contribution in [3.63, 3.8) is 0 Å². The van der Waals surface area contributed by atoms with Gasteiger partial charge in [-0.2, -0.15) is 25.0 Å². The normalized spacial score (nSPS) is 21.6. The predicted molar refractivity (Wildman–Crippen MR) is 186 cm³/mol. The zero-order chi connectivity index (χ0) is 34.9. The largest absolute Gasteiger partial charge is 0.459 e. The van der Waals surface area contributed by atoms with Crippen LogP contribution in [0.5, 0.6) is 6.01 Å². The fraction of sp³-hybridized carbons (Fsp3) is 0.412. The summed E-state index contributed by atoms with van der Waals surface area (Å²) in [6.45, 7) is 4.46. The van der Waals surface area contributed by atoms with Gasteiger partial charge in [0.2, 0.25) is 0 Å². The Labute approximate surface area is 295 Å². The van der Waals surface area contributed by atoms with Crippen molar-refractivity contribution >= 4 is 60.8 Å². The number of nitrogens with two attached hydrogens (primary N) is 1. The van der Waals surface area contributed by atoms with Gasteiger partial charge in [-0.15, -0.1) is 11.3 Å². The van der Waals surface area contributed by atoms with E-state index >= 15 is 4.39 Å². The number of benzene rings is 2. The van der Waals surface area contributed by atoms with E-state index in [1.54, 1.807) is 6.07 Å². The molecule has 12 nitrogen and oxygen atoms in total. The number of hydrogen-bond donors (Lipinski definition) is 1. The third-order valence-electron chi connectivity index (χ3n) is 10.5. The van der Waals surface area contributed by atoms with Crippen LogP contribution in [0.3, 0.4) is 0 Å². The quantitative estimate of drug-likeness (QED) is 0.228. The first-order chi connectivity index (χ1) is 24.1. The minimum Gasteiger partial charge on any atom is -0.459 e. The van der Waals surface area contributed by atoms with Crippen LogP contribution < -0.4 is 15.4 Å². The third kappa shape index (κ3) is 5.11. The molecule has 5 aromatic rings. The van der Waals surface area contributed by atoms with Gasteiger partial charge in [0.25, 0.3) is 0 Å². The molecule has 2 aromatic carbocycles. The van der Waals surface area contributed by atoms with Crippen LogP contribution in [-0.4, -0.2) is 91.5 Å². The van der Waals surface area contributed by atoms with E-state index in [-0.39, 0.29) is 66.5 Å². The Bertz CT molecular complexity index is 2210. The summed E-state index contributed by atoms with van der Waals surface area (Å²) in [5.41, 5.74) is 5.83. The summed E-state index contributed by atoms with van der Waals surface area (Å²) in [6, 6.07) is 6.17. The fourth-order valence-corrected chi connectivity index (χ4v) is 9.36. The number of fused-ring (bicyclic) bond motifs is 2. The van der Waals surface area contributed by atoms with Gasteiger partial charge in [0, 0.05) is 42.0 Å². The molecule has 0 radical (unpaired) electrons. The maximum atomic E-state index is 17.1. The molecule has 50 heavy (non-hydrogen) atoms. The fourth-order valence-electron chi connectivity index (χ4n) is 8.11. The number of aromatic nitrogens is 5. The van der Waals surface area contributed by atoms with Gasteiger partial charge in [-0.25, -0.2) is 18.6 Å². The summed E-state index contributed by atoms with van der Waals surface area (Å²) in [4.78, 5) is 33.0. The molecule has 3 saturated heterocycles. The van der Waals surface area contributed by atoms with Crippen LogP contribution in [0.15, 0.2) is 30.9 Å². The number of thiophene rings is 1. The lowest BCUT2D eigenvalue weighted by molar-refractivity contribution is 0.112. The Morgan fingerprint density at radius 2 is 2.06 bits per heavy atom. The number of carbonyl (C=O) groups is 1. The van der Waals surface area contributed by atoms with Crippen LogP contribution in [0.2, 0.25) is 5.02 Å². The highest BCUT2D eigenvalue weighted by Gasteiger charge is 2.49. The zero-order valence-electron chi connectivity index (χ0n) is 27.4. The molecule has 1 unspecified atom stereocenters. The van der Waals surface area contributed by atoms with Gasteiger partial charge < -0.3 is 20.3 Å². The Kier molecular flexibility index (Phi) is 8.00. The summed E-state index contributed by atoms with van der Waals surface area (Å²) in [6.07, 6.45) is 6.70. The van der Waals surface area contributed by atoms with Gasteiger partial charge in [-0.1, -0.05) is 17.7 Å². The molecule has 1 amide bonds. The number of likely N-dealkylation sites (tertiary alicyclic amines) is 2. The average molecular weight is 719 g/mol. The molecule has 6 heterocycles. The van der Waals surface area contributed by atoms with Crippen molar-refractivity contribution in [1.29, 1.82) is 5.26 Å². The molecular formula is C34H33ClF2N10O2S. The predicted octanol–water partition coefficient (Wildman–Crippen LogP) is 6.06. The van der Waals surface area contributed by atoms with Crippen LogP contribution >= 0.6 is 22.9 Å². The molecule has 16 heteroatoms. The second kappa shape index (κ2) is 12.3. The Morgan fingerprint density at radius 3 is 2.80 bits per heavy atom. The van der Waals surface area contributed by atoms with Crippen molar-refractivity contribution in [2.75, 3.05) is 43.9 Å². The highest BCUT2D eigenvalue weighted by molar-refractivity contribution is 7.23. The Hall–Kier alpha value is -4.65. The van der Waals surface area contributed by atoms with Crippen LogP contribution in [-0.2, 0) is 0 Å². The lowest BCUT2D eigenvalue weighted by Gasteiger charge is -2.34. The van der Waals surface area contributed by atoms with Crippen LogP contribution in [0.4, 0.5) is 24.4 Å². The van der Waals surface area contributed by atoms with Crippen LogP contribution in [0, 0.1) is 23.0 Å². The standard InChI is InChI=1S/C34H33ClF2N10O2S/c1-18(24-5-3-10-44(24)2)49-32-42-28-20(13-22(35)26(27(28)37)19-6-7-23(36)29-25(19)21(14-38)30(39)50-29)31(43-32)45-12-9-34(15-45)8-4-11-46(34)33(48)47-17-40-16-41-47/h6-7,13,16-18,24H,3-5,8-12,15,39H2,1-2H3/t18-,24-,34?/m0/s1. The number of ether oxygens (including phenoxy) is 1. The first-order valence-electron chi connectivity index (χ1n) is 16.5. The Morgan fingerprint density at radius 1 is 1.22 bits per heavy atom. The number of rotatable bonds is 5. The maximum Gasteiger partial charge on any atom is 0.346 e. The molecule has 258 valence electrons. The smallest absolute Gasteiger partial charge is 0.346 e. The molecule has 2 N–H and O–H groups in total. The molecule has 3 aliphatic rings. The zero-order valence-corrected chi connectivity index (χ0v) is 28.9. The van der Waals surface area contributed by atoms with E-state index in [0.29, 0.717) is 37.3 Å². The van der Waals surface area contributed by atoms with Crippen molar-refractivity contribution in [1.82, 2.24) is 34.5 Å². The number of likely N-dealkylation sites (N-methyl/N-ethyl adjacent to an activating group) is 1. The van der Waals surface area contributed by atoms with E-state index in [1.807, 2.05) is 29.8 Å². The number of nitrogen functional groups attached to an aromatic ring is 1. The number of hydrogen-bond acceptors (Lipinski definition) is 11. The first kappa shape index (κ1) is 32.5. The van der Waals surface area contributed by atoms with E-state index in [1.165, 1.54) is 29.5 Å². The summed E-state index contributed by atoms with van der Waals surface area (Å²) < 4.78 is 39.8. The summed E-state index contributed by atoms with van der Waals surface area (Å²) >= 11 is 7.84. The topological polar surface area (TPSA) is 142 Å². The van der Waals surface area contributed by atoms with Crippen molar-refractivity contribution in [2.24, 2.45) is 0 Å². The number of carbonyl (C=O) groups excluding carboxylic acids is 1. The summed E-state index contributed by atoms with van der Waals surface area (Å²) in [7, 11) is 2.05. The maximum absolute atomic E-state index is 17.1. The van der Waals surface area contributed by atoms with Gasteiger partial charge >= 0.3 is 12.0 Å². The van der Waals surface area contributed by atoms with Crippen molar-refractivity contribution in [2.45, 2.75) is 56.7 Å². The molecule has 0 aliphatic carbocycles. The van der Waals surface area contributed by atoms with E-state index in [0.717, 1.165) is 43.6 Å². The van der Waals surface area contributed by atoms with Gasteiger partial charge in [-0.05, 0) is 70.3 Å². The average Bonchev–Trinajstić information content (AvgIpc) is 3.94. The third-order valence-corrected chi connectivity index (χ3v) is 11.9. The van der Waals surface area contributed by atoms with Crippen molar-refractivity contribution in [3.05, 3.63) is 53.1 Å². The first-order valence-corrected chi connectivity index (χ1v) is 17.7. The summed E-state index contributed by atoms with van der Waals surface area (Å²) in [5, 5.41) is 14.7. The van der Waals surface area contributed by atoms with Gasteiger partial charge in [-0.3, -0.25) is 4.90 Å². The second-order valence-corrected chi connectivity index (χ2v) is 14.8. The molecule has 1 spiro atoms. The Balaban J connectivity index is 1.26. The molecule has 3 aromatic heterocycles. The molecule has 3 aliphatic heterocycles. The van der Waals surface area contributed by atoms with E-state index < -0.39 is 17.2 Å². The van der Waals surface area contributed by atoms with Gasteiger partial charge in [0.05, 0.1) is 20.8 Å². The highest BCUT2D eigenvalue weighted by Crippen LogP contribution is 2.47. The van der Waals surface area contributed by atoms with Crippen LogP contribution in [0.25, 0.3) is 32.1 Å². The highest BCUT2D eigenvalue weighted by atomic mass is 35.5. The number of amides is 1. The van der Waals surface area contributed by atoms with Crippen LogP contribution in [0.1, 0.15) is 44.6 Å². The second-order valence-electron chi connectivity index (χ2n) is 13.3. The molecule has 3 atom stereocenters. The molecule has 3 fully saturated rings. The van der Waals surface area contributed by atoms with Gasteiger partial charge in [0.1, 0.15) is 47.0 Å². The van der Waals surface area contributed by atoms with E-state index in [2.05, 4.69) is 20.0 Å². The molecule has 0 bridgehead atoms. The number of nitriles is 1. The molecule has 0 saturated carbocycles.